The Morgan fingerprint density at radius 1 is 1.00 bits per heavy atom. The molecule has 0 aliphatic carbocycles. The minimum absolute atomic E-state index is 0.0124. The third-order valence-corrected chi connectivity index (χ3v) is 8.17. The van der Waals surface area contributed by atoms with Crippen LogP contribution in [-0.2, 0) is 10.0 Å². The number of sulfonamides is 1. The molecule has 1 aliphatic rings. The van der Waals surface area contributed by atoms with Crippen LogP contribution in [-0.4, -0.2) is 43.2 Å². The van der Waals surface area contributed by atoms with E-state index in [1.807, 2.05) is 36.9 Å². The lowest BCUT2D eigenvalue weighted by atomic mass is 9.97. The van der Waals surface area contributed by atoms with Crippen LogP contribution >= 0.6 is 0 Å². The molecule has 0 aromatic heterocycles. The minimum Gasteiger partial charge on any atom is -0.332 e. The molecule has 0 radical (unpaired) electrons. The van der Waals surface area contributed by atoms with Gasteiger partial charge in [0.05, 0.1) is 10.9 Å². The highest BCUT2D eigenvalue weighted by Gasteiger charge is 2.32. The normalized spacial score (nSPS) is 16.9. The van der Waals surface area contributed by atoms with E-state index in [0.29, 0.717) is 25.2 Å². The second-order valence-electron chi connectivity index (χ2n) is 7.84. The van der Waals surface area contributed by atoms with Crippen LogP contribution in [0, 0.1) is 0 Å². The molecule has 31 heavy (non-hydrogen) atoms. The maximum Gasteiger partial charge on any atom is 0.254 e. The van der Waals surface area contributed by atoms with Crippen LogP contribution in [0.3, 0.4) is 0 Å². The summed E-state index contributed by atoms with van der Waals surface area (Å²) in [6.45, 7) is 5.09. The van der Waals surface area contributed by atoms with E-state index in [-0.39, 0.29) is 16.8 Å². The first kappa shape index (κ1) is 21.5. The standard InChI is InChI=1S/C25H28N2O3S/c1-3-26(4-2)31(29,30)21-13-7-12-20(18-21)25(28)27-17-9-16-24(27)23-15-8-11-19-10-5-6-14-22(19)23/h5-8,10-15,18,24H,3-4,9,16-17H2,1-2H3. The number of carbonyl (C=O) groups excluding carboxylic acids is 1. The lowest BCUT2D eigenvalue weighted by molar-refractivity contribution is 0.0736. The maximum absolute atomic E-state index is 13.5. The Bertz CT molecular complexity index is 1200. The number of hydrogen-bond donors (Lipinski definition) is 0. The van der Waals surface area contributed by atoms with Crippen LogP contribution in [0.5, 0.6) is 0 Å². The van der Waals surface area contributed by atoms with Gasteiger partial charge in [0.2, 0.25) is 10.0 Å². The number of hydrogen-bond acceptors (Lipinski definition) is 3. The Morgan fingerprint density at radius 2 is 1.71 bits per heavy atom. The number of amides is 1. The smallest absolute Gasteiger partial charge is 0.254 e. The van der Waals surface area contributed by atoms with E-state index in [1.165, 1.54) is 10.4 Å². The quantitative estimate of drug-likeness (QED) is 0.555. The summed E-state index contributed by atoms with van der Waals surface area (Å²) in [6, 6.07) is 20.9. The zero-order valence-corrected chi connectivity index (χ0v) is 18.8. The van der Waals surface area contributed by atoms with Crippen LogP contribution in [0.4, 0.5) is 0 Å². The topological polar surface area (TPSA) is 57.7 Å². The van der Waals surface area contributed by atoms with E-state index in [9.17, 15) is 13.2 Å². The van der Waals surface area contributed by atoms with Crippen molar-refractivity contribution in [1.29, 1.82) is 0 Å². The minimum atomic E-state index is -3.61. The van der Waals surface area contributed by atoms with Gasteiger partial charge in [0, 0.05) is 25.2 Å². The summed E-state index contributed by atoms with van der Waals surface area (Å²) in [7, 11) is -3.61. The second kappa shape index (κ2) is 8.81. The summed E-state index contributed by atoms with van der Waals surface area (Å²) in [4.78, 5) is 15.5. The maximum atomic E-state index is 13.5. The predicted molar refractivity (Wildman–Crippen MR) is 124 cm³/mol. The number of rotatable bonds is 6. The average molecular weight is 437 g/mol. The average Bonchev–Trinajstić information content (AvgIpc) is 3.28. The van der Waals surface area contributed by atoms with Gasteiger partial charge >= 0.3 is 0 Å². The molecule has 4 rings (SSSR count). The molecule has 6 heteroatoms. The molecule has 162 valence electrons. The Hall–Kier alpha value is -2.70. The van der Waals surface area contributed by atoms with Crippen LogP contribution in [0.1, 0.15) is 48.7 Å². The van der Waals surface area contributed by atoms with Gasteiger partial charge in [-0.2, -0.15) is 4.31 Å². The van der Waals surface area contributed by atoms with Crippen molar-refractivity contribution >= 4 is 26.7 Å². The second-order valence-corrected chi connectivity index (χ2v) is 9.78. The number of fused-ring (bicyclic) bond motifs is 1. The van der Waals surface area contributed by atoms with Gasteiger partial charge in [-0.1, -0.05) is 62.4 Å². The van der Waals surface area contributed by atoms with Crippen molar-refractivity contribution in [2.24, 2.45) is 0 Å². The van der Waals surface area contributed by atoms with Gasteiger partial charge in [-0.3, -0.25) is 4.79 Å². The van der Waals surface area contributed by atoms with E-state index < -0.39 is 10.0 Å². The van der Waals surface area contributed by atoms with Gasteiger partial charge in [-0.25, -0.2) is 8.42 Å². The molecule has 0 spiro atoms. The predicted octanol–water partition coefficient (Wildman–Crippen LogP) is 4.85. The van der Waals surface area contributed by atoms with Crippen molar-refractivity contribution in [1.82, 2.24) is 9.21 Å². The molecule has 0 bridgehead atoms. The highest BCUT2D eigenvalue weighted by atomic mass is 32.2. The molecule has 0 N–H and O–H groups in total. The van der Waals surface area contributed by atoms with E-state index in [0.717, 1.165) is 29.2 Å². The fourth-order valence-corrected chi connectivity index (χ4v) is 6.05. The molecule has 0 saturated carbocycles. The van der Waals surface area contributed by atoms with Crippen molar-refractivity contribution in [3.8, 4) is 0 Å². The van der Waals surface area contributed by atoms with Crippen molar-refractivity contribution in [3.05, 3.63) is 77.9 Å². The van der Waals surface area contributed by atoms with Crippen molar-refractivity contribution in [2.45, 2.75) is 37.6 Å². The molecule has 1 saturated heterocycles. The van der Waals surface area contributed by atoms with E-state index in [2.05, 4.69) is 24.3 Å². The molecular weight excluding hydrogens is 408 g/mol. The summed E-state index contributed by atoms with van der Waals surface area (Å²) < 4.78 is 27.3. The van der Waals surface area contributed by atoms with E-state index in [4.69, 9.17) is 0 Å². The molecular formula is C25H28N2O3S. The van der Waals surface area contributed by atoms with E-state index in [1.54, 1.807) is 18.2 Å². The molecule has 1 atom stereocenters. The van der Waals surface area contributed by atoms with Crippen LogP contribution < -0.4 is 0 Å². The molecule has 5 nitrogen and oxygen atoms in total. The van der Waals surface area contributed by atoms with Gasteiger partial charge < -0.3 is 4.90 Å². The Balaban J connectivity index is 1.68. The zero-order chi connectivity index (χ0) is 22.0. The molecule has 1 fully saturated rings. The summed E-state index contributed by atoms with van der Waals surface area (Å²) in [5, 5.41) is 2.32. The lowest BCUT2D eigenvalue weighted by Crippen LogP contribution is -2.32. The first-order valence-electron chi connectivity index (χ1n) is 10.9. The van der Waals surface area contributed by atoms with Gasteiger partial charge in [-0.05, 0) is 47.4 Å². The summed E-state index contributed by atoms with van der Waals surface area (Å²) in [6.07, 6.45) is 1.83. The molecule has 1 aliphatic heterocycles. The molecule has 1 heterocycles. The molecule has 3 aromatic carbocycles. The lowest BCUT2D eigenvalue weighted by Gasteiger charge is -2.26. The monoisotopic (exact) mass is 436 g/mol. The third-order valence-electron chi connectivity index (χ3n) is 6.12. The first-order valence-corrected chi connectivity index (χ1v) is 12.3. The highest BCUT2D eigenvalue weighted by Crippen LogP contribution is 2.37. The Morgan fingerprint density at radius 3 is 2.48 bits per heavy atom. The van der Waals surface area contributed by atoms with Gasteiger partial charge in [0.15, 0.2) is 0 Å². The summed E-state index contributed by atoms with van der Waals surface area (Å²) in [5.41, 5.74) is 1.57. The van der Waals surface area contributed by atoms with Crippen LogP contribution in [0.25, 0.3) is 10.8 Å². The van der Waals surface area contributed by atoms with Crippen LogP contribution in [0.2, 0.25) is 0 Å². The number of likely N-dealkylation sites (tertiary alicyclic amines) is 1. The van der Waals surface area contributed by atoms with Crippen molar-refractivity contribution in [2.75, 3.05) is 19.6 Å². The highest BCUT2D eigenvalue weighted by molar-refractivity contribution is 7.89. The van der Waals surface area contributed by atoms with Crippen LogP contribution in [0.15, 0.2) is 71.6 Å². The Kier molecular flexibility index (Phi) is 6.12. The number of carbonyl (C=O) groups is 1. The molecule has 1 amide bonds. The number of nitrogens with zero attached hydrogens (tertiary/aromatic N) is 2. The largest absolute Gasteiger partial charge is 0.332 e. The Labute approximate surface area is 184 Å². The van der Waals surface area contributed by atoms with Crippen molar-refractivity contribution in [3.63, 3.8) is 0 Å². The summed E-state index contributed by atoms with van der Waals surface area (Å²) in [5.74, 6) is -0.118. The van der Waals surface area contributed by atoms with Gasteiger partial charge in [-0.15, -0.1) is 0 Å². The number of benzene rings is 3. The van der Waals surface area contributed by atoms with Crippen molar-refractivity contribution < 1.29 is 13.2 Å². The van der Waals surface area contributed by atoms with E-state index >= 15 is 0 Å². The van der Waals surface area contributed by atoms with Gasteiger partial charge in [0.25, 0.3) is 5.91 Å². The fraction of sp³-hybridized carbons (Fsp3) is 0.320. The summed E-state index contributed by atoms with van der Waals surface area (Å²) >= 11 is 0. The SMILES string of the molecule is CCN(CC)S(=O)(=O)c1cccc(C(=O)N2CCCC2c2cccc3ccccc23)c1. The zero-order valence-electron chi connectivity index (χ0n) is 18.0. The fourth-order valence-electron chi connectivity index (χ4n) is 4.54. The molecule has 1 unspecified atom stereocenters. The first-order chi connectivity index (χ1) is 15.0. The third kappa shape index (κ3) is 3.98. The van der Waals surface area contributed by atoms with Gasteiger partial charge in [0.1, 0.15) is 0 Å². The molecule has 3 aromatic rings.